The van der Waals surface area contributed by atoms with E-state index in [0.29, 0.717) is 11.5 Å². The van der Waals surface area contributed by atoms with Gasteiger partial charge in [0.05, 0.1) is 11.6 Å². The van der Waals surface area contributed by atoms with Crippen LogP contribution in [0.5, 0.6) is 0 Å². The van der Waals surface area contributed by atoms with Crippen LogP contribution in [0.3, 0.4) is 0 Å². The van der Waals surface area contributed by atoms with Gasteiger partial charge in [-0.15, -0.1) is 0 Å². The smallest absolute Gasteiger partial charge is 0.289 e. The largest absolute Gasteiger partial charge is 0.362 e. The lowest BCUT2D eigenvalue weighted by Crippen LogP contribution is -2.34. The van der Waals surface area contributed by atoms with Gasteiger partial charge in [0, 0.05) is 27.2 Å². The van der Waals surface area contributed by atoms with Gasteiger partial charge in [-0.2, -0.15) is 5.10 Å². The van der Waals surface area contributed by atoms with Crippen molar-refractivity contribution >= 4 is 22.8 Å². The van der Waals surface area contributed by atoms with E-state index in [1.54, 1.807) is 10.9 Å². The molecule has 7 heteroatoms. The first kappa shape index (κ1) is 13.8. The Morgan fingerprint density at radius 1 is 1.33 bits per heavy atom. The second-order valence-corrected chi connectivity index (χ2v) is 5.73. The summed E-state index contributed by atoms with van der Waals surface area (Å²) in [5.74, 6) is 0.722. The molecule has 2 aromatic rings. The Bertz CT molecular complexity index is 671. The number of hydrogen-bond donors (Lipinski definition) is 1. The molecule has 0 atom stereocenters. The molecule has 0 radical (unpaired) electrons. The molecule has 0 spiro atoms. The molecular weight excluding hydrogens is 268 g/mol. The van der Waals surface area contributed by atoms with Gasteiger partial charge >= 0.3 is 0 Å². The monoisotopic (exact) mass is 288 g/mol. The van der Waals surface area contributed by atoms with E-state index in [1.165, 1.54) is 12.8 Å². The second-order valence-electron chi connectivity index (χ2n) is 5.73. The lowest BCUT2D eigenvalue weighted by atomic mass is 10.2. The van der Waals surface area contributed by atoms with Crippen LogP contribution in [0.15, 0.2) is 6.20 Å². The fourth-order valence-corrected chi connectivity index (χ4v) is 2.77. The Labute approximate surface area is 123 Å². The van der Waals surface area contributed by atoms with E-state index in [0.717, 1.165) is 18.2 Å². The number of anilines is 1. The number of aromatic nitrogens is 4. The number of nitrogens with one attached hydrogen (secondary N) is 1. The van der Waals surface area contributed by atoms with Gasteiger partial charge in [0.15, 0.2) is 5.65 Å². The summed E-state index contributed by atoms with van der Waals surface area (Å²) in [4.78, 5) is 23.0. The van der Waals surface area contributed by atoms with Crippen LogP contribution in [-0.4, -0.2) is 45.8 Å². The van der Waals surface area contributed by atoms with Crippen LogP contribution in [-0.2, 0) is 7.05 Å². The van der Waals surface area contributed by atoms with Crippen molar-refractivity contribution in [2.75, 3.05) is 19.0 Å². The maximum Gasteiger partial charge on any atom is 0.289 e. The van der Waals surface area contributed by atoms with Gasteiger partial charge in [-0.1, -0.05) is 12.8 Å². The molecule has 1 amide bonds. The van der Waals surface area contributed by atoms with Crippen molar-refractivity contribution in [3.63, 3.8) is 0 Å². The van der Waals surface area contributed by atoms with Crippen LogP contribution in [0, 0.1) is 0 Å². The zero-order valence-corrected chi connectivity index (χ0v) is 12.6. The highest BCUT2D eigenvalue weighted by atomic mass is 16.2. The molecule has 1 fully saturated rings. The third-order valence-electron chi connectivity index (χ3n) is 3.89. The topological polar surface area (TPSA) is 75.9 Å². The SMILES string of the molecule is CN(C)c1nc(C(=O)NC2CCCC2)nc2c1cnn2C. The molecule has 0 aromatic carbocycles. The molecule has 2 heterocycles. The third kappa shape index (κ3) is 2.55. The molecule has 1 aliphatic carbocycles. The predicted octanol–water partition coefficient (Wildman–Crippen LogP) is 1.10. The molecule has 112 valence electrons. The van der Waals surface area contributed by atoms with E-state index in [1.807, 2.05) is 26.0 Å². The number of hydrogen-bond acceptors (Lipinski definition) is 5. The third-order valence-corrected chi connectivity index (χ3v) is 3.89. The summed E-state index contributed by atoms with van der Waals surface area (Å²) in [5, 5.41) is 8.07. The molecule has 0 unspecified atom stereocenters. The average molecular weight is 288 g/mol. The van der Waals surface area contributed by atoms with Gasteiger partial charge < -0.3 is 10.2 Å². The summed E-state index contributed by atoms with van der Waals surface area (Å²) in [6, 6.07) is 0.256. The van der Waals surface area contributed by atoms with Gasteiger partial charge in [0.1, 0.15) is 5.82 Å². The number of carbonyl (C=O) groups excluding carboxylic acids is 1. The maximum absolute atomic E-state index is 12.4. The Morgan fingerprint density at radius 2 is 2.05 bits per heavy atom. The van der Waals surface area contributed by atoms with E-state index < -0.39 is 0 Å². The van der Waals surface area contributed by atoms with Crippen molar-refractivity contribution in [1.29, 1.82) is 0 Å². The van der Waals surface area contributed by atoms with Crippen LogP contribution < -0.4 is 10.2 Å². The van der Waals surface area contributed by atoms with Gasteiger partial charge in [-0.25, -0.2) is 9.97 Å². The van der Waals surface area contributed by atoms with E-state index in [-0.39, 0.29) is 17.8 Å². The number of nitrogens with zero attached hydrogens (tertiary/aromatic N) is 5. The average Bonchev–Trinajstić information content (AvgIpc) is 3.08. The molecule has 7 nitrogen and oxygen atoms in total. The quantitative estimate of drug-likeness (QED) is 0.915. The molecular formula is C14H20N6O. The Balaban J connectivity index is 1.97. The normalized spacial score (nSPS) is 15.6. The molecule has 3 rings (SSSR count). The fraction of sp³-hybridized carbons (Fsp3) is 0.571. The van der Waals surface area contributed by atoms with Gasteiger partial charge in [0.25, 0.3) is 5.91 Å². The Hall–Kier alpha value is -2.18. The summed E-state index contributed by atoms with van der Waals surface area (Å²) in [7, 11) is 5.61. The van der Waals surface area contributed by atoms with Gasteiger partial charge in [-0.05, 0) is 12.8 Å². The Morgan fingerprint density at radius 3 is 2.71 bits per heavy atom. The molecule has 21 heavy (non-hydrogen) atoms. The molecule has 0 bridgehead atoms. The zero-order chi connectivity index (χ0) is 15.0. The van der Waals surface area contributed by atoms with Crippen LogP contribution in [0.2, 0.25) is 0 Å². The van der Waals surface area contributed by atoms with E-state index in [4.69, 9.17) is 0 Å². The van der Waals surface area contributed by atoms with E-state index in [2.05, 4.69) is 20.4 Å². The minimum Gasteiger partial charge on any atom is -0.362 e. The van der Waals surface area contributed by atoms with Crippen molar-refractivity contribution in [2.45, 2.75) is 31.7 Å². The summed E-state index contributed by atoms with van der Waals surface area (Å²) < 4.78 is 1.66. The molecule has 0 aliphatic heterocycles. The highest BCUT2D eigenvalue weighted by Gasteiger charge is 2.22. The van der Waals surface area contributed by atoms with Crippen molar-refractivity contribution in [3.05, 3.63) is 12.0 Å². The van der Waals surface area contributed by atoms with Crippen molar-refractivity contribution < 1.29 is 4.79 Å². The van der Waals surface area contributed by atoms with Gasteiger partial charge in [-0.3, -0.25) is 9.48 Å². The number of carbonyl (C=O) groups is 1. The van der Waals surface area contributed by atoms with Crippen LogP contribution in [0.4, 0.5) is 5.82 Å². The highest BCUT2D eigenvalue weighted by Crippen LogP contribution is 2.22. The minimum absolute atomic E-state index is 0.201. The second kappa shape index (κ2) is 5.31. The van der Waals surface area contributed by atoms with Gasteiger partial charge in [0.2, 0.25) is 5.82 Å². The summed E-state index contributed by atoms with van der Waals surface area (Å²) in [5.41, 5.74) is 0.672. The maximum atomic E-state index is 12.4. The van der Waals surface area contributed by atoms with Crippen LogP contribution in [0.1, 0.15) is 36.3 Å². The number of aryl methyl sites for hydroxylation is 1. The highest BCUT2D eigenvalue weighted by molar-refractivity contribution is 5.95. The number of fused-ring (bicyclic) bond motifs is 1. The number of rotatable bonds is 3. The Kier molecular flexibility index (Phi) is 3.48. The molecule has 1 aliphatic rings. The zero-order valence-electron chi connectivity index (χ0n) is 12.6. The molecule has 1 saturated carbocycles. The molecule has 0 saturated heterocycles. The van der Waals surface area contributed by atoms with E-state index in [9.17, 15) is 4.79 Å². The standard InChI is InChI=1S/C14H20N6O/c1-19(2)12-10-8-15-20(3)13(10)18-11(17-12)14(21)16-9-6-4-5-7-9/h8-9H,4-7H2,1-3H3,(H,16,21). The van der Waals surface area contributed by atoms with Crippen molar-refractivity contribution in [3.8, 4) is 0 Å². The first-order valence-corrected chi connectivity index (χ1v) is 7.24. The summed E-state index contributed by atoms with van der Waals surface area (Å²) in [6.07, 6.45) is 6.16. The lowest BCUT2D eigenvalue weighted by molar-refractivity contribution is 0.0927. The van der Waals surface area contributed by atoms with Crippen LogP contribution in [0.25, 0.3) is 11.0 Å². The first-order chi connectivity index (χ1) is 10.1. The van der Waals surface area contributed by atoms with E-state index >= 15 is 0 Å². The summed E-state index contributed by atoms with van der Waals surface area (Å²) >= 11 is 0. The predicted molar refractivity (Wildman–Crippen MR) is 80.4 cm³/mol. The first-order valence-electron chi connectivity index (χ1n) is 7.24. The number of amides is 1. The van der Waals surface area contributed by atoms with Crippen molar-refractivity contribution in [1.82, 2.24) is 25.1 Å². The molecule has 2 aromatic heterocycles. The van der Waals surface area contributed by atoms with Crippen molar-refractivity contribution in [2.24, 2.45) is 7.05 Å². The lowest BCUT2D eigenvalue weighted by Gasteiger charge is -2.15. The minimum atomic E-state index is -0.201. The fourth-order valence-electron chi connectivity index (χ4n) is 2.77. The summed E-state index contributed by atoms with van der Waals surface area (Å²) in [6.45, 7) is 0. The molecule has 1 N–H and O–H groups in total. The van der Waals surface area contributed by atoms with Crippen LogP contribution >= 0.6 is 0 Å².